The lowest BCUT2D eigenvalue weighted by atomic mass is 10.2. The van der Waals surface area contributed by atoms with Crippen LogP contribution in [0.2, 0.25) is 18.1 Å². The van der Waals surface area contributed by atoms with E-state index in [2.05, 4.69) is 38.3 Å². The van der Waals surface area contributed by atoms with Gasteiger partial charge in [0.15, 0.2) is 8.32 Å². The van der Waals surface area contributed by atoms with Crippen LogP contribution >= 0.6 is 0 Å². The van der Waals surface area contributed by atoms with Crippen LogP contribution in [0.1, 0.15) is 48.5 Å². The van der Waals surface area contributed by atoms with Gasteiger partial charge in [0.05, 0.1) is 12.3 Å². The van der Waals surface area contributed by atoms with Crippen molar-refractivity contribution in [1.29, 1.82) is 0 Å². The summed E-state index contributed by atoms with van der Waals surface area (Å²) in [5.41, 5.74) is 0. The number of hydrogen-bond donors (Lipinski definition) is 0. The van der Waals surface area contributed by atoms with E-state index >= 15 is 0 Å². The zero-order valence-electron chi connectivity index (χ0n) is 13.3. The average molecular weight is 292 g/mol. The van der Waals surface area contributed by atoms with Gasteiger partial charge >= 0.3 is 0 Å². The molecule has 0 saturated carbocycles. The van der Waals surface area contributed by atoms with Crippen LogP contribution in [0, 0.1) is 0 Å². The van der Waals surface area contributed by atoms with Crippen molar-refractivity contribution in [3.63, 3.8) is 0 Å². The van der Waals surface area contributed by atoms with E-state index in [1.54, 1.807) is 6.21 Å². The van der Waals surface area contributed by atoms with Gasteiger partial charge < -0.3 is 8.98 Å². The van der Waals surface area contributed by atoms with E-state index in [9.17, 15) is 4.55 Å². The third kappa shape index (κ3) is 5.86. The minimum Gasteiger partial charge on any atom is -0.591 e. The molecule has 0 aliphatic rings. The Bertz CT molecular complexity index is 292. The summed E-state index contributed by atoms with van der Waals surface area (Å²) in [4.78, 5) is 0. The minimum absolute atomic E-state index is 0.0859. The molecule has 0 spiro atoms. The molecule has 0 aliphatic heterocycles. The van der Waals surface area contributed by atoms with Gasteiger partial charge in [-0.3, -0.25) is 0 Å². The number of nitrogens with zero attached hydrogens (tertiary/aromatic N) is 1. The molecule has 3 nitrogen and oxygen atoms in total. The van der Waals surface area contributed by atoms with E-state index in [0.717, 1.165) is 0 Å². The summed E-state index contributed by atoms with van der Waals surface area (Å²) in [5, 5.41) is 0.179. The molecule has 0 bridgehead atoms. The van der Waals surface area contributed by atoms with Crippen molar-refractivity contribution in [2.75, 3.05) is 0 Å². The quantitative estimate of drug-likeness (QED) is 0.447. The first-order valence-corrected chi connectivity index (χ1v) is 10.4. The molecule has 0 aromatic rings. The largest absolute Gasteiger partial charge is 0.591 e. The fraction of sp³-hybridized carbons (Fsp3) is 0.923. The first-order valence-electron chi connectivity index (χ1n) is 6.41. The average Bonchev–Trinajstić information content (AvgIpc) is 2.09. The maximum atomic E-state index is 11.8. The van der Waals surface area contributed by atoms with Crippen LogP contribution < -0.4 is 0 Å². The van der Waals surface area contributed by atoms with E-state index in [1.807, 2.05) is 27.7 Å². The third-order valence-electron chi connectivity index (χ3n) is 3.18. The van der Waals surface area contributed by atoms with Gasteiger partial charge in [-0.15, -0.1) is 0 Å². The molecule has 0 aromatic carbocycles. The Morgan fingerprint density at radius 1 is 1.17 bits per heavy atom. The lowest BCUT2D eigenvalue weighted by molar-refractivity contribution is 0.263. The topological polar surface area (TPSA) is 44.7 Å². The van der Waals surface area contributed by atoms with E-state index in [-0.39, 0.29) is 15.9 Å². The Morgan fingerprint density at radius 3 is 1.94 bits per heavy atom. The van der Waals surface area contributed by atoms with Gasteiger partial charge in [-0.25, -0.2) is 0 Å². The van der Waals surface area contributed by atoms with Gasteiger partial charge in [0.25, 0.3) is 0 Å². The Morgan fingerprint density at radius 2 is 1.61 bits per heavy atom. The molecule has 0 radical (unpaired) electrons. The highest BCUT2D eigenvalue weighted by molar-refractivity contribution is 7.91. The van der Waals surface area contributed by atoms with Gasteiger partial charge in [0.1, 0.15) is 16.1 Å². The van der Waals surface area contributed by atoms with Crippen LogP contribution in [-0.4, -0.2) is 29.9 Å². The summed E-state index contributed by atoms with van der Waals surface area (Å²) in [6.45, 7) is 18.7. The van der Waals surface area contributed by atoms with Gasteiger partial charge in [0, 0.05) is 0 Å². The monoisotopic (exact) mass is 291 g/mol. The van der Waals surface area contributed by atoms with Gasteiger partial charge in [-0.05, 0) is 45.8 Å². The molecular weight excluding hydrogens is 262 g/mol. The highest BCUT2D eigenvalue weighted by Gasteiger charge is 2.38. The predicted molar refractivity (Wildman–Crippen MR) is 84.1 cm³/mol. The van der Waals surface area contributed by atoms with Crippen LogP contribution in [-0.2, 0) is 15.8 Å². The van der Waals surface area contributed by atoms with Crippen molar-refractivity contribution in [2.45, 2.75) is 77.4 Å². The fourth-order valence-corrected chi connectivity index (χ4v) is 2.91. The van der Waals surface area contributed by atoms with Crippen LogP contribution in [0.4, 0.5) is 0 Å². The summed E-state index contributed by atoms with van der Waals surface area (Å²) in [5.74, 6) is 0. The van der Waals surface area contributed by atoms with Crippen molar-refractivity contribution in [3.05, 3.63) is 0 Å². The summed E-state index contributed by atoms with van der Waals surface area (Å²) >= 11 is -1.20. The molecule has 0 amide bonds. The molecular formula is C13H29NO2SSi. The molecule has 2 atom stereocenters. The molecule has 18 heavy (non-hydrogen) atoms. The highest BCUT2D eigenvalue weighted by atomic mass is 32.2. The highest BCUT2D eigenvalue weighted by Crippen LogP contribution is 2.37. The Labute approximate surface area is 117 Å². The molecule has 0 rings (SSSR count). The molecule has 0 aromatic heterocycles. The molecule has 0 N–H and O–H groups in total. The van der Waals surface area contributed by atoms with Gasteiger partial charge in [0.2, 0.25) is 0 Å². The van der Waals surface area contributed by atoms with E-state index in [4.69, 9.17) is 4.43 Å². The molecule has 0 fully saturated rings. The van der Waals surface area contributed by atoms with Crippen molar-refractivity contribution in [1.82, 2.24) is 0 Å². The fourth-order valence-electron chi connectivity index (χ4n) is 0.971. The summed E-state index contributed by atoms with van der Waals surface area (Å²) < 4.78 is 21.7. The summed E-state index contributed by atoms with van der Waals surface area (Å²) in [7, 11) is -1.78. The molecule has 0 saturated heterocycles. The molecule has 108 valence electrons. The second-order valence-corrected chi connectivity index (χ2v) is 13.9. The van der Waals surface area contributed by atoms with E-state index < -0.39 is 19.7 Å². The Kier molecular flexibility index (Phi) is 6.13. The SMILES string of the molecule is C[C@H](C=N[S@@+]([O-])C(C)(C)C)O[Si](C)(C)C(C)(C)C. The number of rotatable bonds is 4. The van der Waals surface area contributed by atoms with Gasteiger partial charge in [-0.2, -0.15) is 0 Å². The first kappa shape index (κ1) is 18.2. The predicted octanol–water partition coefficient (Wildman–Crippen LogP) is 3.93. The maximum Gasteiger partial charge on any atom is 0.192 e. The first-order chi connectivity index (χ1) is 7.77. The van der Waals surface area contributed by atoms with E-state index in [0.29, 0.717) is 0 Å². The normalized spacial score (nSPS) is 18.1. The Hall–Kier alpha value is 0.157. The molecule has 0 aliphatic carbocycles. The standard InChI is InChI=1S/C13H29NO2SSi/c1-11(10-14-17(15)12(2,3)4)16-18(8,9)13(5,6)7/h10-11H,1-9H3/t11-,17+/m1/s1. The van der Waals surface area contributed by atoms with Crippen LogP contribution in [0.5, 0.6) is 0 Å². The molecule has 0 unspecified atom stereocenters. The maximum absolute atomic E-state index is 11.8. The summed E-state index contributed by atoms with van der Waals surface area (Å²) in [6, 6.07) is 0. The van der Waals surface area contributed by atoms with Crippen LogP contribution in [0.15, 0.2) is 4.40 Å². The number of hydrogen-bond acceptors (Lipinski definition) is 3. The minimum atomic E-state index is -1.78. The zero-order valence-corrected chi connectivity index (χ0v) is 15.1. The third-order valence-corrected chi connectivity index (χ3v) is 9.11. The van der Waals surface area contributed by atoms with Crippen molar-refractivity contribution < 1.29 is 8.98 Å². The molecule has 5 heteroatoms. The lowest BCUT2D eigenvalue weighted by Crippen LogP contribution is -2.43. The Balaban J connectivity index is 4.54. The summed E-state index contributed by atoms with van der Waals surface area (Å²) in [6.07, 6.45) is 1.60. The molecule has 0 heterocycles. The van der Waals surface area contributed by atoms with E-state index in [1.165, 1.54) is 0 Å². The van der Waals surface area contributed by atoms with Crippen molar-refractivity contribution >= 4 is 25.9 Å². The van der Waals surface area contributed by atoms with Crippen molar-refractivity contribution in [2.24, 2.45) is 4.40 Å². The lowest BCUT2D eigenvalue weighted by Gasteiger charge is -2.37. The van der Waals surface area contributed by atoms with Gasteiger partial charge in [-0.1, -0.05) is 25.2 Å². The van der Waals surface area contributed by atoms with Crippen molar-refractivity contribution in [3.8, 4) is 0 Å². The second kappa shape index (κ2) is 6.07. The van der Waals surface area contributed by atoms with Crippen LogP contribution in [0.25, 0.3) is 0 Å². The zero-order chi connectivity index (χ0) is 14.8. The second-order valence-electron chi connectivity index (χ2n) is 7.20. The smallest absolute Gasteiger partial charge is 0.192 e. The van der Waals surface area contributed by atoms with Crippen LogP contribution in [0.3, 0.4) is 0 Å².